The fraction of sp³-hybridized carbons (Fsp3) is 0.462. The summed E-state index contributed by atoms with van der Waals surface area (Å²) in [7, 11) is -2.05. The number of aliphatic imine (C=N–C) groups is 1. The van der Waals surface area contributed by atoms with E-state index in [0.717, 1.165) is 4.31 Å². The molecule has 1 aromatic rings. The van der Waals surface area contributed by atoms with Gasteiger partial charge < -0.3 is 15.2 Å². The molecule has 21 heavy (non-hydrogen) atoms. The minimum Gasteiger partial charge on any atom is -0.390 e. The Labute approximate surface area is 124 Å². The molecule has 1 unspecified atom stereocenters. The van der Waals surface area contributed by atoms with Crippen molar-refractivity contribution in [2.45, 2.75) is 11.0 Å². The maximum Gasteiger partial charge on any atom is 0.267 e. The molecule has 1 atom stereocenters. The molecule has 7 nitrogen and oxygen atoms in total. The minimum atomic E-state index is -3.64. The third-order valence-electron chi connectivity index (χ3n) is 3.03. The molecule has 0 bridgehead atoms. The van der Waals surface area contributed by atoms with Gasteiger partial charge in [-0.05, 0) is 12.1 Å². The van der Waals surface area contributed by atoms with Crippen molar-refractivity contribution in [3.05, 3.63) is 24.3 Å². The summed E-state index contributed by atoms with van der Waals surface area (Å²) in [6, 6.07) is 6.54. The van der Waals surface area contributed by atoms with Crippen LogP contribution in [0.25, 0.3) is 0 Å². The first-order valence-corrected chi connectivity index (χ1v) is 8.02. The van der Waals surface area contributed by atoms with Crippen molar-refractivity contribution in [1.82, 2.24) is 9.62 Å². The van der Waals surface area contributed by atoms with E-state index in [4.69, 9.17) is 4.74 Å². The number of para-hydroxylation sites is 1. The molecule has 1 heterocycles. The number of nitrogens with zero attached hydrogens (tertiary/aromatic N) is 2. The van der Waals surface area contributed by atoms with Crippen LogP contribution >= 0.6 is 0 Å². The summed E-state index contributed by atoms with van der Waals surface area (Å²) in [5.74, 6) is 0. The van der Waals surface area contributed by atoms with Crippen LogP contribution in [0.15, 0.2) is 34.2 Å². The van der Waals surface area contributed by atoms with Gasteiger partial charge in [-0.15, -0.1) is 0 Å². The SMILES string of the molecule is COCCNCC(O)CN1C=Nc2ccccc2S1(=O)=O. The average molecular weight is 313 g/mol. The molecular weight excluding hydrogens is 294 g/mol. The normalized spacial score (nSPS) is 17.5. The Balaban J connectivity index is 1.99. The van der Waals surface area contributed by atoms with Gasteiger partial charge in [-0.25, -0.2) is 13.4 Å². The van der Waals surface area contributed by atoms with E-state index in [0.29, 0.717) is 18.8 Å². The van der Waals surface area contributed by atoms with E-state index >= 15 is 0 Å². The van der Waals surface area contributed by atoms with E-state index < -0.39 is 16.1 Å². The van der Waals surface area contributed by atoms with Crippen LogP contribution < -0.4 is 5.32 Å². The highest BCUT2D eigenvalue weighted by Crippen LogP contribution is 2.29. The first-order chi connectivity index (χ1) is 10.1. The van der Waals surface area contributed by atoms with Crippen LogP contribution in [0.4, 0.5) is 5.69 Å². The number of nitrogens with one attached hydrogen (secondary N) is 1. The zero-order valence-electron chi connectivity index (χ0n) is 11.8. The number of hydrogen-bond donors (Lipinski definition) is 2. The van der Waals surface area contributed by atoms with Gasteiger partial charge in [-0.1, -0.05) is 12.1 Å². The average Bonchev–Trinajstić information content (AvgIpc) is 2.47. The zero-order chi connectivity index (χ0) is 15.3. The molecular formula is C13H19N3O4S. The number of benzene rings is 1. The fourth-order valence-electron chi connectivity index (χ4n) is 1.96. The molecule has 8 heteroatoms. The van der Waals surface area contributed by atoms with Gasteiger partial charge in [0.05, 0.1) is 24.9 Å². The van der Waals surface area contributed by atoms with Gasteiger partial charge >= 0.3 is 0 Å². The molecule has 2 rings (SSSR count). The summed E-state index contributed by atoms with van der Waals surface area (Å²) in [5.41, 5.74) is 0.418. The Morgan fingerprint density at radius 1 is 1.43 bits per heavy atom. The van der Waals surface area contributed by atoms with Crippen LogP contribution in [-0.2, 0) is 14.8 Å². The first kappa shape index (κ1) is 15.9. The number of β-amino-alcohol motifs (C(OH)–C–C–N with tert-alkyl or cyclic N) is 1. The number of aliphatic hydroxyl groups excluding tert-OH is 1. The highest BCUT2D eigenvalue weighted by atomic mass is 32.2. The summed E-state index contributed by atoms with van der Waals surface area (Å²) < 4.78 is 30.7. The predicted molar refractivity (Wildman–Crippen MR) is 79.2 cm³/mol. The summed E-state index contributed by atoms with van der Waals surface area (Å²) in [4.78, 5) is 4.26. The second-order valence-electron chi connectivity index (χ2n) is 4.64. The van der Waals surface area contributed by atoms with Gasteiger partial charge in [-0.3, -0.25) is 4.31 Å². The molecule has 0 saturated carbocycles. The van der Waals surface area contributed by atoms with E-state index in [2.05, 4.69) is 10.3 Å². The minimum absolute atomic E-state index is 0.0415. The lowest BCUT2D eigenvalue weighted by Gasteiger charge is -2.26. The van der Waals surface area contributed by atoms with Crippen molar-refractivity contribution >= 4 is 22.0 Å². The fourth-order valence-corrected chi connectivity index (χ4v) is 3.39. The van der Waals surface area contributed by atoms with Crippen LogP contribution in [0, 0.1) is 0 Å². The Hall–Kier alpha value is -1.48. The Morgan fingerprint density at radius 2 is 2.19 bits per heavy atom. The van der Waals surface area contributed by atoms with E-state index in [1.165, 1.54) is 12.4 Å². The smallest absolute Gasteiger partial charge is 0.267 e. The third-order valence-corrected chi connectivity index (χ3v) is 4.79. The largest absolute Gasteiger partial charge is 0.390 e. The monoisotopic (exact) mass is 313 g/mol. The number of ether oxygens (including phenoxy) is 1. The lowest BCUT2D eigenvalue weighted by atomic mass is 10.3. The topological polar surface area (TPSA) is 91.2 Å². The van der Waals surface area contributed by atoms with Gasteiger partial charge in [0.1, 0.15) is 11.2 Å². The molecule has 0 fully saturated rings. The molecule has 0 aromatic heterocycles. The summed E-state index contributed by atoms with van der Waals surface area (Å²) in [6.07, 6.45) is 0.420. The Kier molecular flexibility index (Phi) is 5.29. The number of fused-ring (bicyclic) bond motifs is 1. The molecule has 116 valence electrons. The number of methoxy groups -OCH3 is 1. The second-order valence-corrected chi connectivity index (χ2v) is 6.50. The molecule has 0 amide bonds. The van der Waals surface area contributed by atoms with Crippen molar-refractivity contribution in [3.8, 4) is 0 Å². The van der Waals surface area contributed by atoms with Crippen LogP contribution in [0.3, 0.4) is 0 Å². The quantitative estimate of drug-likeness (QED) is 0.689. The number of rotatable bonds is 7. The number of hydrogen-bond acceptors (Lipinski definition) is 6. The van der Waals surface area contributed by atoms with Gasteiger partial charge in [0.25, 0.3) is 10.0 Å². The lowest BCUT2D eigenvalue weighted by molar-refractivity contribution is 0.150. The molecule has 1 aromatic carbocycles. The van der Waals surface area contributed by atoms with Crippen LogP contribution in [0.2, 0.25) is 0 Å². The standard InChI is InChI=1S/C13H19N3O4S/c1-20-7-6-14-8-11(17)9-16-10-15-12-4-2-3-5-13(12)21(16,18)19/h2-5,10-11,14,17H,6-9H2,1H3. The van der Waals surface area contributed by atoms with E-state index in [9.17, 15) is 13.5 Å². The van der Waals surface area contributed by atoms with Gasteiger partial charge in [-0.2, -0.15) is 0 Å². The van der Waals surface area contributed by atoms with Crippen LogP contribution in [0.5, 0.6) is 0 Å². The molecule has 0 spiro atoms. The molecule has 0 aliphatic carbocycles. The molecule has 1 aliphatic heterocycles. The molecule has 1 aliphatic rings. The van der Waals surface area contributed by atoms with Crippen molar-refractivity contribution in [2.24, 2.45) is 4.99 Å². The summed E-state index contributed by atoms with van der Waals surface area (Å²) in [5, 5.41) is 12.9. The zero-order valence-corrected chi connectivity index (χ0v) is 12.6. The van der Waals surface area contributed by atoms with Gasteiger partial charge in [0, 0.05) is 20.2 Å². The Bertz CT molecular complexity index is 603. The van der Waals surface area contributed by atoms with E-state index in [1.807, 2.05) is 0 Å². The predicted octanol–water partition coefficient (Wildman–Crippen LogP) is -0.0524. The van der Waals surface area contributed by atoms with E-state index in [1.54, 1.807) is 25.3 Å². The maximum atomic E-state index is 12.4. The number of sulfonamides is 1. The van der Waals surface area contributed by atoms with Gasteiger partial charge in [0.15, 0.2) is 0 Å². The maximum absolute atomic E-state index is 12.4. The summed E-state index contributed by atoms with van der Waals surface area (Å²) >= 11 is 0. The van der Waals surface area contributed by atoms with Crippen molar-refractivity contribution in [3.63, 3.8) is 0 Å². The van der Waals surface area contributed by atoms with Crippen molar-refractivity contribution in [2.75, 3.05) is 33.4 Å². The van der Waals surface area contributed by atoms with E-state index in [-0.39, 0.29) is 18.0 Å². The van der Waals surface area contributed by atoms with Crippen LogP contribution in [0.1, 0.15) is 0 Å². The highest BCUT2D eigenvalue weighted by molar-refractivity contribution is 7.89. The Morgan fingerprint density at radius 3 is 2.95 bits per heavy atom. The lowest BCUT2D eigenvalue weighted by Crippen LogP contribution is -2.42. The van der Waals surface area contributed by atoms with Gasteiger partial charge in [0.2, 0.25) is 0 Å². The van der Waals surface area contributed by atoms with Crippen molar-refractivity contribution in [1.29, 1.82) is 0 Å². The molecule has 2 N–H and O–H groups in total. The molecule has 0 radical (unpaired) electrons. The summed E-state index contributed by atoms with van der Waals surface area (Å²) in [6.45, 7) is 1.37. The van der Waals surface area contributed by atoms with Crippen molar-refractivity contribution < 1.29 is 18.3 Å². The second kappa shape index (κ2) is 6.99. The van der Waals surface area contributed by atoms with Crippen LogP contribution in [-0.4, -0.2) is 63.6 Å². The molecule has 0 saturated heterocycles. The third kappa shape index (κ3) is 3.79. The number of aliphatic hydroxyl groups is 1. The first-order valence-electron chi connectivity index (χ1n) is 6.58. The highest BCUT2D eigenvalue weighted by Gasteiger charge is 2.29.